The maximum Gasteiger partial charge on any atom is 0.273 e. The zero-order valence-corrected chi connectivity index (χ0v) is 13.7. The van der Waals surface area contributed by atoms with Crippen molar-refractivity contribution in [2.75, 3.05) is 26.2 Å². The number of nitrogens with one attached hydrogen (secondary N) is 2. The molecule has 2 rings (SSSR count). The van der Waals surface area contributed by atoms with E-state index in [2.05, 4.69) is 15.6 Å². The molecule has 0 aromatic carbocycles. The average Bonchev–Trinajstić information content (AvgIpc) is 2.88. The Labute approximate surface area is 144 Å². The SMILES string of the molecule is Cl.Cl.O=C(NCC1CNCC1O)c1ncccc1OCC(F)F. The van der Waals surface area contributed by atoms with Gasteiger partial charge in [-0.05, 0) is 12.1 Å². The number of β-amino-alcohol motifs (C(OH)–C–C–N with tert-alkyl or cyclic N) is 1. The van der Waals surface area contributed by atoms with E-state index in [1.54, 1.807) is 0 Å². The van der Waals surface area contributed by atoms with E-state index in [1.807, 2.05) is 0 Å². The average molecular weight is 374 g/mol. The predicted octanol–water partition coefficient (Wildman–Crippen LogP) is 0.879. The molecule has 2 atom stereocenters. The van der Waals surface area contributed by atoms with Crippen LogP contribution in [0.4, 0.5) is 8.78 Å². The molecule has 1 aliphatic heterocycles. The van der Waals surface area contributed by atoms with Crippen LogP contribution in [0.1, 0.15) is 10.5 Å². The molecule has 132 valence electrons. The highest BCUT2D eigenvalue weighted by Gasteiger charge is 2.26. The first-order valence-electron chi connectivity index (χ1n) is 6.61. The number of amides is 1. The molecule has 10 heteroatoms. The van der Waals surface area contributed by atoms with E-state index in [-0.39, 0.29) is 48.7 Å². The van der Waals surface area contributed by atoms with Crippen LogP contribution >= 0.6 is 24.8 Å². The lowest BCUT2D eigenvalue weighted by Crippen LogP contribution is -2.35. The number of carbonyl (C=O) groups is 1. The van der Waals surface area contributed by atoms with Crippen LogP contribution in [0.2, 0.25) is 0 Å². The molecule has 1 aliphatic rings. The molecule has 2 unspecified atom stereocenters. The fourth-order valence-electron chi connectivity index (χ4n) is 2.07. The summed E-state index contributed by atoms with van der Waals surface area (Å²) in [5.74, 6) is -0.581. The molecule has 1 saturated heterocycles. The van der Waals surface area contributed by atoms with Crippen molar-refractivity contribution in [1.82, 2.24) is 15.6 Å². The van der Waals surface area contributed by atoms with Crippen molar-refractivity contribution < 1.29 is 23.4 Å². The third-order valence-electron chi connectivity index (χ3n) is 3.18. The number of halogens is 4. The molecule has 1 aromatic heterocycles. The Kier molecular flexibility index (Phi) is 9.98. The van der Waals surface area contributed by atoms with E-state index < -0.39 is 25.0 Å². The van der Waals surface area contributed by atoms with Crippen molar-refractivity contribution in [3.05, 3.63) is 24.0 Å². The van der Waals surface area contributed by atoms with Crippen molar-refractivity contribution in [1.29, 1.82) is 0 Å². The van der Waals surface area contributed by atoms with E-state index in [9.17, 15) is 18.7 Å². The van der Waals surface area contributed by atoms with Gasteiger partial charge in [0.05, 0.1) is 6.10 Å². The quantitative estimate of drug-likeness (QED) is 0.689. The maximum absolute atomic E-state index is 12.2. The van der Waals surface area contributed by atoms with Crippen LogP contribution in [-0.4, -0.2) is 54.8 Å². The number of hydrogen-bond acceptors (Lipinski definition) is 5. The van der Waals surface area contributed by atoms with Gasteiger partial charge in [-0.25, -0.2) is 13.8 Å². The van der Waals surface area contributed by atoms with Crippen molar-refractivity contribution in [2.24, 2.45) is 5.92 Å². The molecule has 2 heterocycles. The molecule has 3 N–H and O–H groups in total. The molecule has 1 fully saturated rings. The van der Waals surface area contributed by atoms with Gasteiger partial charge in [-0.15, -0.1) is 24.8 Å². The van der Waals surface area contributed by atoms with Crippen molar-refractivity contribution >= 4 is 30.7 Å². The van der Waals surface area contributed by atoms with Crippen molar-refractivity contribution in [2.45, 2.75) is 12.5 Å². The van der Waals surface area contributed by atoms with Gasteiger partial charge in [0.25, 0.3) is 12.3 Å². The second kappa shape index (κ2) is 10.5. The molecule has 0 bridgehead atoms. The number of nitrogens with zero attached hydrogens (tertiary/aromatic N) is 1. The van der Waals surface area contributed by atoms with Crippen LogP contribution in [0.25, 0.3) is 0 Å². The molecule has 1 amide bonds. The van der Waals surface area contributed by atoms with E-state index in [0.717, 1.165) is 0 Å². The first-order chi connectivity index (χ1) is 10.1. The minimum absolute atomic E-state index is 0. The topological polar surface area (TPSA) is 83.5 Å². The first-order valence-corrected chi connectivity index (χ1v) is 6.61. The summed E-state index contributed by atoms with van der Waals surface area (Å²) in [5.41, 5.74) is -0.0430. The summed E-state index contributed by atoms with van der Waals surface area (Å²) in [6, 6.07) is 2.92. The number of rotatable bonds is 6. The highest BCUT2D eigenvalue weighted by molar-refractivity contribution is 5.94. The van der Waals surface area contributed by atoms with Gasteiger partial charge in [-0.2, -0.15) is 0 Å². The fourth-order valence-corrected chi connectivity index (χ4v) is 2.07. The van der Waals surface area contributed by atoms with Crippen LogP contribution in [0.3, 0.4) is 0 Å². The predicted molar refractivity (Wildman–Crippen MR) is 84.9 cm³/mol. The molecule has 1 aromatic rings. The zero-order chi connectivity index (χ0) is 15.2. The first kappa shape index (κ1) is 21.8. The second-order valence-electron chi connectivity index (χ2n) is 4.75. The summed E-state index contributed by atoms with van der Waals surface area (Å²) in [6.45, 7) is 0.584. The lowest BCUT2D eigenvalue weighted by atomic mass is 10.1. The number of carbonyl (C=O) groups excluding carboxylic acids is 1. The maximum atomic E-state index is 12.2. The Morgan fingerprint density at radius 1 is 1.48 bits per heavy atom. The number of ether oxygens (including phenoxy) is 1. The van der Waals surface area contributed by atoms with Crippen LogP contribution in [0.5, 0.6) is 5.75 Å². The third kappa shape index (κ3) is 6.42. The van der Waals surface area contributed by atoms with Crippen LogP contribution in [-0.2, 0) is 0 Å². The van der Waals surface area contributed by atoms with Gasteiger partial charge in [-0.3, -0.25) is 4.79 Å². The summed E-state index contributed by atoms with van der Waals surface area (Å²) in [4.78, 5) is 15.9. The van der Waals surface area contributed by atoms with E-state index in [0.29, 0.717) is 13.1 Å². The summed E-state index contributed by atoms with van der Waals surface area (Å²) in [7, 11) is 0. The van der Waals surface area contributed by atoms with Gasteiger partial charge in [0.1, 0.15) is 6.61 Å². The molecule has 0 aliphatic carbocycles. The van der Waals surface area contributed by atoms with Gasteiger partial charge in [0.2, 0.25) is 0 Å². The minimum atomic E-state index is -2.62. The van der Waals surface area contributed by atoms with E-state index in [1.165, 1.54) is 18.3 Å². The van der Waals surface area contributed by atoms with Gasteiger partial charge in [0, 0.05) is 31.7 Å². The summed E-state index contributed by atoms with van der Waals surface area (Å²) >= 11 is 0. The minimum Gasteiger partial charge on any atom is -0.485 e. The number of aliphatic hydroxyl groups is 1. The fraction of sp³-hybridized carbons (Fsp3) is 0.538. The highest BCUT2D eigenvalue weighted by Crippen LogP contribution is 2.16. The number of aliphatic hydroxyl groups excluding tert-OH is 1. The van der Waals surface area contributed by atoms with Gasteiger partial charge < -0.3 is 20.5 Å². The van der Waals surface area contributed by atoms with Crippen molar-refractivity contribution in [3.63, 3.8) is 0 Å². The summed E-state index contributed by atoms with van der Waals surface area (Å²) < 4.78 is 29.2. The number of pyridine rings is 1. The number of alkyl halides is 2. The third-order valence-corrected chi connectivity index (χ3v) is 3.18. The standard InChI is InChI=1S/C13H17F2N3O3.2ClH/c14-11(15)7-21-10-2-1-3-17-12(10)13(20)18-5-8-4-16-6-9(8)19;;/h1-3,8-9,11,16,19H,4-7H2,(H,18,20);2*1H. The summed E-state index contributed by atoms with van der Waals surface area (Å²) in [5, 5.41) is 15.3. The molecular formula is C13H19Cl2F2N3O3. The van der Waals surface area contributed by atoms with Crippen LogP contribution in [0, 0.1) is 5.92 Å². The van der Waals surface area contributed by atoms with Crippen molar-refractivity contribution in [3.8, 4) is 5.75 Å². The molecule has 0 radical (unpaired) electrons. The Morgan fingerprint density at radius 2 is 2.22 bits per heavy atom. The molecule has 23 heavy (non-hydrogen) atoms. The molecular weight excluding hydrogens is 355 g/mol. The lowest BCUT2D eigenvalue weighted by molar-refractivity contribution is 0.0786. The smallest absolute Gasteiger partial charge is 0.273 e. The van der Waals surface area contributed by atoms with Crippen LogP contribution < -0.4 is 15.4 Å². The van der Waals surface area contributed by atoms with Gasteiger partial charge in [0.15, 0.2) is 11.4 Å². The Bertz CT molecular complexity index is 497. The Balaban J connectivity index is 0.00000242. The molecule has 6 nitrogen and oxygen atoms in total. The molecule has 0 spiro atoms. The second-order valence-corrected chi connectivity index (χ2v) is 4.75. The Hall–Kier alpha value is -1.22. The van der Waals surface area contributed by atoms with Crippen LogP contribution in [0.15, 0.2) is 18.3 Å². The monoisotopic (exact) mass is 373 g/mol. The largest absolute Gasteiger partial charge is 0.485 e. The number of aromatic nitrogens is 1. The number of hydrogen-bond donors (Lipinski definition) is 3. The van der Waals surface area contributed by atoms with E-state index in [4.69, 9.17) is 4.74 Å². The van der Waals surface area contributed by atoms with Gasteiger partial charge in [-0.1, -0.05) is 0 Å². The zero-order valence-electron chi connectivity index (χ0n) is 12.1. The Morgan fingerprint density at radius 3 is 2.83 bits per heavy atom. The normalized spacial score (nSPS) is 19.7. The summed E-state index contributed by atoms with van der Waals surface area (Å²) in [6.07, 6.45) is -1.75. The van der Waals surface area contributed by atoms with Gasteiger partial charge >= 0.3 is 0 Å². The molecule has 0 saturated carbocycles. The highest BCUT2D eigenvalue weighted by atomic mass is 35.5. The lowest BCUT2D eigenvalue weighted by Gasteiger charge is -2.15. The van der Waals surface area contributed by atoms with E-state index >= 15 is 0 Å².